The zero-order valence-electron chi connectivity index (χ0n) is 13.8. The van der Waals surface area contributed by atoms with Gasteiger partial charge < -0.3 is 10.2 Å². The van der Waals surface area contributed by atoms with Crippen LogP contribution in [0.3, 0.4) is 0 Å². The summed E-state index contributed by atoms with van der Waals surface area (Å²) in [6.45, 7) is 6.18. The Morgan fingerprint density at radius 2 is 2.00 bits per heavy atom. The highest BCUT2D eigenvalue weighted by atomic mass is 35.5. The summed E-state index contributed by atoms with van der Waals surface area (Å²) in [5.74, 6) is 0.511. The Morgan fingerprint density at radius 3 is 2.65 bits per heavy atom. The predicted octanol–water partition coefficient (Wildman–Crippen LogP) is 3.35. The van der Waals surface area contributed by atoms with Crippen LogP contribution in [0.15, 0.2) is 24.3 Å². The number of rotatable bonds is 5. The fourth-order valence-corrected chi connectivity index (χ4v) is 2.91. The Bertz CT molecular complexity index is 542. The molecule has 4 nitrogen and oxygen atoms in total. The van der Waals surface area contributed by atoms with Gasteiger partial charge in [0.1, 0.15) is 0 Å². The minimum absolute atomic E-state index is 0.0265. The van der Waals surface area contributed by atoms with E-state index in [2.05, 4.69) is 19.2 Å². The van der Waals surface area contributed by atoms with Crippen molar-refractivity contribution in [2.24, 2.45) is 11.8 Å². The smallest absolute Gasteiger partial charge is 0.253 e. The van der Waals surface area contributed by atoms with Gasteiger partial charge in [-0.3, -0.25) is 9.59 Å². The van der Waals surface area contributed by atoms with E-state index >= 15 is 0 Å². The molecule has 23 heavy (non-hydrogen) atoms. The van der Waals surface area contributed by atoms with Crippen molar-refractivity contribution in [1.82, 2.24) is 10.2 Å². The molecule has 1 N–H and O–H groups in total. The van der Waals surface area contributed by atoms with E-state index in [-0.39, 0.29) is 17.7 Å². The van der Waals surface area contributed by atoms with Crippen molar-refractivity contribution in [1.29, 1.82) is 0 Å². The Kier molecular flexibility index (Phi) is 6.46. The lowest BCUT2D eigenvalue weighted by Crippen LogP contribution is -2.45. The second kappa shape index (κ2) is 8.34. The molecule has 0 radical (unpaired) electrons. The average molecular weight is 337 g/mol. The molecular weight excluding hydrogens is 312 g/mol. The standard InChI is InChI=1S/C18H25ClN2O2/c1-13(2)9-10-20-17(22)15-4-3-11-21(12-15)18(23)14-5-7-16(19)8-6-14/h5-8,13,15H,3-4,9-12H2,1-2H3,(H,20,22)/t15-/m0/s1. The van der Waals surface area contributed by atoms with E-state index in [0.29, 0.717) is 36.1 Å². The zero-order chi connectivity index (χ0) is 16.8. The van der Waals surface area contributed by atoms with E-state index in [4.69, 9.17) is 11.6 Å². The minimum Gasteiger partial charge on any atom is -0.356 e. The van der Waals surface area contributed by atoms with Gasteiger partial charge in [0.2, 0.25) is 5.91 Å². The molecule has 1 aliphatic heterocycles. The van der Waals surface area contributed by atoms with E-state index in [9.17, 15) is 9.59 Å². The molecule has 1 fully saturated rings. The Balaban J connectivity index is 1.91. The average Bonchev–Trinajstić information content (AvgIpc) is 2.54. The first-order valence-corrected chi connectivity index (χ1v) is 8.67. The maximum absolute atomic E-state index is 12.5. The molecule has 1 saturated heterocycles. The molecular formula is C18H25ClN2O2. The topological polar surface area (TPSA) is 49.4 Å². The molecule has 0 bridgehead atoms. The molecule has 0 aliphatic carbocycles. The van der Waals surface area contributed by atoms with Crippen LogP contribution in [-0.2, 0) is 4.79 Å². The molecule has 126 valence electrons. The maximum Gasteiger partial charge on any atom is 0.253 e. The van der Waals surface area contributed by atoms with Crippen LogP contribution < -0.4 is 5.32 Å². The minimum atomic E-state index is -0.104. The third-order valence-electron chi connectivity index (χ3n) is 4.19. The lowest BCUT2D eigenvalue weighted by molar-refractivity contribution is -0.126. The molecule has 2 rings (SSSR count). The Morgan fingerprint density at radius 1 is 1.30 bits per heavy atom. The highest BCUT2D eigenvalue weighted by Gasteiger charge is 2.28. The van der Waals surface area contributed by atoms with Crippen LogP contribution in [0.5, 0.6) is 0 Å². The van der Waals surface area contributed by atoms with Gasteiger partial charge >= 0.3 is 0 Å². The van der Waals surface area contributed by atoms with Gasteiger partial charge in [0.05, 0.1) is 5.92 Å². The summed E-state index contributed by atoms with van der Waals surface area (Å²) >= 11 is 5.86. The Hall–Kier alpha value is -1.55. The van der Waals surface area contributed by atoms with Gasteiger partial charge in [0.15, 0.2) is 0 Å². The molecule has 5 heteroatoms. The second-order valence-electron chi connectivity index (χ2n) is 6.57. The quantitative estimate of drug-likeness (QED) is 0.896. The lowest BCUT2D eigenvalue weighted by atomic mass is 9.96. The molecule has 1 heterocycles. The summed E-state index contributed by atoms with van der Waals surface area (Å²) in [5, 5.41) is 3.61. The van der Waals surface area contributed by atoms with E-state index in [1.165, 1.54) is 0 Å². The summed E-state index contributed by atoms with van der Waals surface area (Å²) in [6.07, 6.45) is 2.69. The number of carbonyl (C=O) groups is 2. The summed E-state index contributed by atoms with van der Waals surface area (Å²) in [5.41, 5.74) is 0.621. The van der Waals surface area contributed by atoms with Crippen molar-refractivity contribution < 1.29 is 9.59 Å². The lowest BCUT2D eigenvalue weighted by Gasteiger charge is -2.32. The van der Waals surface area contributed by atoms with Gasteiger partial charge in [-0.15, -0.1) is 0 Å². The molecule has 1 aliphatic rings. The number of benzene rings is 1. The highest BCUT2D eigenvalue weighted by Crippen LogP contribution is 2.20. The number of hydrogen-bond acceptors (Lipinski definition) is 2. The largest absolute Gasteiger partial charge is 0.356 e. The van der Waals surface area contributed by atoms with Gasteiger partial charge in [-0.05, 0) is 49.4 Å². The van der Waals surface area contributed by atoms with Crippen molar-refractivity contribution in [3.05, 3.63) is 34.9 Å². The number of nitrogens with zero attached hydrogens (tertiary/aromatic N) is 1. The van der Waals surface area contributed by atoms with Gasteiger partial charge in [0.25, 0.3) is 5.91 Å². The van der Waals surface area contributed by atoms with Crippen LogP contribution in [0, 0.1) is 11.8 Å². The van der Waals surface area contributed by atoms with Crippen LogP contribution >= 0.6 is 11.6 Å². The highest BCUT2D eigenvalue weighted by molar-refractivity contribution is 6.30. The van der Waals surface area contributed by atoms with Crippen LogP contribution in [0.1, 0.15) is 43.5 Å². The molecule has 0 unspecified atom stereocenters. The third-order valence-corrected chi connectivity index (χ3v) is 4.44. The monoisotopic (exact) mass is 336 g/mol. The molecule has 1 atom stereocenters. The fourth-order valence-electron chi connectivity index (χ4n) is 2.78. The van der Waals surface area contributed by atoms with Crippen molar-refractivity contribution in [2.75, 3.05) is 19.6 Å². The number of amides is 2. The van der Waals surface area contributed by atoms with Crippen molar-refractivity contribution in [3.63, 3.8) is 0 Å². The van der Waals surface area contributed by atoms with Crippen LogP contribution in [0.25, 0.3) is 0 Å². The first-order valence-electron chi connectivity index (χ1n) is 8.30. The van der Waals surface area contributed by atoms with Crippen LogP contribution in [0.4, 0.5) is 0 Å². The van der Waals surface area contributed by atoms with E-state index < -0.39 is 0 Å². The van der Waals surface area contributed by atoms with E-state index in [1.807, 2.05) is 0 Å². The molecule has 0 aromatic heterocycles. The molecule has 1 aromatic rings. The molecule has 0 spiro atoms. The fraction of sp³-hybridized carbons (Fsp3) is 0.556. The number of halogens is 1. The number of hydrogen-bond donors (Lipinski definition) is 1. The molecule has 1 aromatic carbocycles. The number of piperidine rings is 1. The Labute approximate surface area is 143 Å². The maximum atomic E-state index is 12.5. The number of nitrogens with one attached hydrogen (secondary N) is 1. The van der Waals surface area contributed by atoms with Gasteiger partial charge in [0, 0.05) is 30.2 Å². The normalized spacial score (nSPS) is 18.1. The number of carbonyl (C=O) groups excluding carboxylic acids is 2. The summed E-state index contributed by atoms with van der Waals surface area (Å²) in [7, 11) is 0. The summed E-state index contributed by atoms with van der Waals surface area (Å²) < 4.78 is 0. The second-order valence-corrected chi connectivity index (χ2v) is 7.01. The zero-order valence-corrected chi connectivity index (χ0v) is 14.6. The van der Waals surface area contributed by atoms with Gasteiger partial charge in [-0.1, -0.05) is 25.4 Å². The third kappa shape index (κ3) is 5.24. The number of likely N-dealkylation sites (tertiary alicyclic amines) is 1. The SMILES string of the molecule is CC(C)CCNC(=O)[C@H]1CCCN(C(=O)c2ccc(Cl)cc2)C1. The summed E-state index contributed by atoms with van der Waals surface area (Å²) in [4.78, 5) is 26.6. The molecule has 0 saturated carbocycles. The van der Waals surface area contributed by atoms with Crippen molar-refractivity contribution in [2.45, 2.75) is 33.1 Å². The van der Waals surface area contributed by atoms with Gasteiger partial charge in [-0.2, -0.15) is 0 Å². The molecule has 2 amide bonds. The van der Waals surface area contributed by atoms with E-state index in [0.717, 1.165) is 19.3 Å². The van der Waals surface area contributed by atoms with Crippen LogP contribution in [-0.4, -0.2) is 36.3 Å². The predicted molar refractivity (Wildman–Crippen MR) is 92.5 cm³/mol. The first kappa shape index (κ1) is 17.8. The van der Waals surface area contributed by atoms with Crippen molar-refractivity contribution in [3.8, 4) is 0 Å². The van der Waals surface area contributed by atoms with E-state index in [1.54, 1.807) is 29.2 Å². The van der Waals surface area contributed by atoms with Gasteiger partial charge in [-0.25, -0.2) is 0 Å². The van der Waals surface area contributed by atoms with Crippen molar-refractivity contribution >= 4 is 23.4 Å². The summed E-state index contributed by atoms with van der Waals surface area (Å²) in [6, 6.07) is 6.90. The first-order chi connectivity index (χ1) is 11.0. The van der Waals surface area contributed by atoms with Crippen LogP contribution in [0.2, 0.25) is 5.02 Å².